The van der Waals surface area contributed by atoms with Crippen molar-refractivity contribution in [2.75, 3.05) is 39.5 Å². The Morgan fingerprint density at radius 2 is 1.46 bits per heavy atom. The summed E-state index contributed by atoms with van der Waals surface area (Å²) in [6, 6.07) is 11.5. The van der Waals surface area contributed by atoms with E-state index in [0.29, 0.717) is 39.3 Å². The first-order valence-corrected chi connectivity index (χ1v) is 14.9. The Balaban J connectivity index is 1.22. The van der Waals surface area contributed by atoms with Gasteiger partial charge in [0.15, 0.2) is 11.5 Å². The number of sulfonamides is 2. The predicted molar refractivity (Wildman–Crippen MR) is 130 cm³/mol. The van der Waals surface area contributed by atoms with Gasteiger partial charge in [-0.1, -0.05) is 12.5 Å². The molecule has 9 nitrogen and oxygen atoms in total. The lowest BCUT2D eigenvalue weighted by atomic mass is 10.1. The zero-order valence-corrected chi connectivity index (χ0v) is 21.4. The molecule has 1 atom stereocenters. The van der Waals surface area contributed by atoms with Gasteiger partial charge < -0.3 is 9.47 Å². The fourth-order valence-electron chi connectivity index (χ4n) is 4.92. The second-order valence-corrected chi connectivity index (χ2v) is 13.1. The average molecular weight is 522 g/mol. The SMILES string of the molecule is CC1CCCCN1S(=O)(=O)c1ccc(S(=O)(=O)N2CCN(Cc3ccc4c(c3)OCO4)CC2)cc1. The quantitative estimate of drug-likeness (QED) is 0.576. The molecule has 3 aliphatic heterocycles. The molecule has 2 saturated heterocycles. The average Bonchev–Trinajstić information content (AvgIpc) is 3.33. The number of hydrogen-bond donors (Lipinski definition) is 0. The Kier molecular flexibility index (Phi) is 6.79. The van der Waals surface area contributed by atoms with E-state index in [2.05, 4.69) is 4.90 Å². The van der Waals surface area contributed by atoms with Gasteiger partial charge in [0.05, 0.1) is 9.79 Å². The number of rotatable bonds is 6. The highest BCUT2D eigenvalue weighted by molar-refractivity contribution is 7.89. The molecule has 2 fully saturated rings. The minimum atomic E-state index is -3.70. The first kappa shape index (κ1) is 24.5. The largest absolute Gasteiger partial charge is 0.454 e. The van der Waals surface area contributed by atoms with Crippen molar-refractivity contribution in [1.29, 1.82) is 0 Å². The maximum atomic E-state index is 13.2. The molecule has 5 rings (SSSR count). The summed E-state index contributed by atoms with van der Waals surface area (Å²) >= 11 is 0. The molecule has 1 unspecified atom stereocenters. The van der Waals surface area contributed by atoms with Crippen LogP contribution in [0.3, 0.4) is 0 Å². The van der Waals surface area contributed by atoms with Gasteiger partial charge in [0.1, 0.15) is 0 Å². The van der Waals surface area contributed by atoms with Crippen molar-refractivity contribution in [3.05, 3.63) is 48.0 Å². The van der Waals surface area contributed by atoms with Crippen molar-refractivity contribution in [3.63, 3.8) is 0 Å². The minimum Gasteiger partial charge on any atom is -0.454 e. The van der Waals surface area contributed by atoms with Crippen LogP contribution in [0.1, 0.15) is 31.7 Å². The van der Waals surface area contributed by atoms with Crippen molar-refractivity contribution >= 4 is 20.0 Å². The van der Waals surface area contributed by atoms with Gasteiger partial charge in [0, 0.05) is 45.3 Å². The zero-order chi connectivity index (χ0) is 24.6. The summed E-state index contributed by atoms with van der Waals surface area (Å²) in [6.45, 7) is 5.31. The summed E-state index contributed by atoms with van der Waals surface area (Å²) in [4.78, 5) is 2.46. The molecule has 3 heterocycles. The van der Waals surface area contributed by atoms with Gasteiger partial charge in [-0.15, -0.1) is 0 Å². The number of benzene rings is 2. The second-order valence-electron chi connectivity index (χ2n) is 9.30. The molecule has 0 saturated carbocycles. The van der Waals surface area contributed by atoms with E-state index < -0.39 is 20.0 Å². The molecule has 0 amide bonds. The highest BCUT2D eigenvalue weighted by Crippen LogP contribution is 2.33. The maximum Gasteiger partial charge on any atom is 0.243 e. The van der Waals surface area contributed by atoms with E-state index in [1.54, 1.807) is 0 Å². The fourth-order valence-corrected chi connectivity index (χ4v) is 8.04. The van der Waals surface area contributed by atoms with Crippen LogP contribution in [-0.4, -0.2) is 75.9 Å². The Bertz CT molecular complexity index is 1270. The van der Waals surface area contributed by atoms with E-state index in [4.69, 9.17) is 9.47 Å². The van der Waals surface area contributed by atoms with Crippen LogP contribution >= 0.6 is 0 Å². The van der Waals surface area contributed by atoms with Gasteiger partial charge in [-0.25, -0.2) is 16.8 Å². The third-order valence-corrected chi connectivity index (χ3v) is 10.9. The first-order valence-electron chi connectivity index (χ1n) is 12.0. The number of hydrogen-bond acceptors (Lipinski definition) is 7. The van der Waals surface area contributed by atoms with E-state index in [-0.39, 0.29) is 22.6 Å². The summed E-state index contributed by atoms with van der Waals surface area (Å²) in [5.74, 6) is 1.48. The van der Waals surface area contributed by atoms with Gasteiger partial charge >= 0.3 is 0 Å². The predicted octanol–water partition coefficient (Wildman–Crippen LogP) is 2.48. The molecule has 2 aromatic rings. The van der Waals surface area contributed by atoms with Crippen LogP contribution in [-0.2, 0) is 26.6 Å². The topological polar surface area (TPSA) is 96.5 Å². The molecule has 11 heteroatoms. The third-order valence-electron chi connectivity index (χ3n) is 6.98. The summed E-state index contributed by atoms with van der Waals surface area (Å²) in [7, 11) is -7.34. The zero-order valence-electron chi connectivity index (χ0n) is 19.8. The van der Waals surface area contributed by atoms with E-state index in [1.807, 2.05) is 25.1 Å². The highest BCUT2D eigenvalue weighted by Gasteiger charge is 2.32. The van der Waals surface area contributed by atoms with Crippen molar-refractivity contribution in [1.82, 2.24) is 13.5 Å². The first-order chi connectivity index (χ1) is 16.7. The Hall–Kier alpha value is -2.18. The summed E-state index contributed by atoms with van der Waals surface area (Å²) in [5.41, 5.74) is 1.09. The monoisotopic (exact) mass is 521 g/mol. The van der Waals surface area contributed by atoms with Crippen LogP contribution in [0.5, 0.6) is 11.5 Å². The summed E-state index contributed by atoms with van der Waals surface area (Å²) in [5, 5.41) is 0. The van der Waals surface area contributed by atoms with Crippen LogP contribution in [0.4, 0.5) is 0 Å². The number of fused-ring (bicyclic) bond motifs is 1. The Labute approximate surface area is 207 Å². The van der Waals surface area contributed by atoms with E-state index in [1.165, 1.54) is 32.9 Å². The molecule has 0 N–H and O–H groups in total. The molecule has 190 valence electrons. The molecule has 0 bridgehead atoms. The van der Waals surface area contributed by atoms with Crippen molar-refractivity contribution in [2.45, 2.75) is 48.6 Å². The molecular formula is C24H31N3O6S2. The van der Waals surface area contributed by atoms with Gasteiger partial charge in [0.2, 0.25) is 26.8 Å². The summed E-state index contributed by atoms with van der Waals surface area (Å²) < 4.78 is 66.3. The minimum absolute atomic E-state index is 0.0499. The molecule has 0 aliphatic carbocycles. The molecule has 0 radical (unpaired) electrons. The van der Waals surface area contributed by atoms with E-state index in [9.17, 15) is 16.8 Å². The second kappa shape index (κ2) is 9.70. The molecule has 3 aliphatic rings. The molecule has 2 aromatic carbocycles. The smallest absolute Gasteiger partial charge is 0.243 e. The molecule has 0 spiro atoms. The van der Waals surface area contributed by atoms with E-state index in [0.717, 1.165) is 36.3 Å². The fraction of sp³-hybridized carbons (Fsp3) is 0.500. The number of ether oxygens (including phenoxy) is 2. The lowest BCUT2D eigenvalue weighted by molar-refractivity contribution is 0.173. The number of piperazine rings is 1. The van der Waals surface area contributed by atoms with Crippen LogP contribution in [0.25, 0.3) is 0 Å². The van der Waals surface area contributed by atoms with Gasteiger partial charge in [0.25, 0.3) is 0 Å². The molecule has 35 heavy (non-hydrogen) atoms. The van der Waals surface area contributed by atoms with Crippen LogP contribution < -0.4 is 9.47 Å². The van der Waals surface area contributed by atoms with Crippen LogP contribution in [0.15, 0.2) is 52.3 Å². The third kappa shape index (κ3) is 4.92. The van der Waals surface area contributed by atoms with Crippen LogP contribution in [0, 0.1) is 0 Å². The van der Waals surface area contributed by atoms with E-state index >= 15 is 0 Å². The molecule has 0 aromatic heterocycles. The van der Waals surface area contributed by atoms with Crippen LogP contribution in [0.2, 0.25) is 0 Å². The Morgan fingerprint density at radius 3 is 2.14 bits per heavy atom. The highest BCUT2D eigenvalue weighted by atomic mass is 32.2. The van der Waals surface area contributed by atoms with Gasteiger partial charge in [-0.05, 0) is 61.7 Å². The van der Waals surface area contributed by atoms with Gasteiger partial charge in [-0.3, -0.25) is 4.90 Å². The number of nitrogens with zero attached hydrogens (tertiary/aromatic N) is 3. The van der Waals surface area contributed by atoms with Crippen molar-refractivity contribution < 1.29 is 26.3 Å². The molecular weight excluding hydrogens is 490 g/mol. The normalized spacial score (nSPS) is 22.4. The van der Waals surface area contributed by atoms with Crippen molar-refractivity contribution in [2.24, 2.45) is 0 Å². The Morgan fingerprint density at radius 1 is 0.800 bits per heavy atom. The van der Waals surface area contributed by atoms with Gasteiger partial charge in [-0.2, -0.15) is 8.61 Å². The lowest BCUT2D eigenvalue weighted by Crippen LogP contribution is -2.48. The van der Waals surface area contributed by atoms with Crippen molar-refractivity contribution in [3.8, 4) is 11.5 Å². The lowest BCUT2D eigenvalue weighted by Gasteiger charge is -2.34. The number of piperidine rings is 1. The standard InChI is InChI=1S/C24H31N3O6S2/c1-19-4-2-3-11-27(19)35(30,31)22-8-6-21(7-9-22)34(28,29)26-14-12-25(13-15-26)17-20-5-10-23-24(16-20)33-18-32-23/h5-10,16,19H,2-4,11-15,17-18H2,1H3. The maximum absolute atomic E-state index is 13.2. The summed E-state index contributed by atoms with van der Waals surface area (Å²) in [6.07, 6.45) is 2.71.